The van der Waals surface area contributed by atoms with E-state index in [1.54, 1.807) is 20.3 Å². The van der Waals surface area contributed by atoms with Gasteiger partial charge in [-0.2, -0.15) is 0 Å². The van der Waals surface area contributed by atoms with Crippen LogP contribution >= 0.6 is 0 Å². The number of para-hydroxylation sites is 3. The van der Waals surface area contributed by atoms with Crippen molar-refractivity contribution in [3.63, 3.8) is 0 Å². The molecule has 0 atom stereocenters. The molecule has 4 rings (SSSR count). The minimum atomic E-state index is -0.286. The maximum absolute atomic E-state index is 13.2. The number of methoxy groups -OCH3 is 2. The highest BCUT2D eigenvalue weighted by molar-refractivity contribution is 6.18. The Hall–Kier alpha value is -4.13. The predicted molar refractivity (Wildman–Crippen MR) is 127 cm³/mol. The number of rotatable bonds is 7. The number of amides is 2. The summed E-state index contributed by atoms with van der Waals surface area (Å²) in [6, 6.07) is 22.5. The molecule has 1 heterocycles. The van der Waals surface area contributed by atoms with Gasteiger partial charge in [-0.15, -0.1) is 0 Å². The summed E-state index contributed by atoms with van der Waals surface area (Å²) >= 11 is 0. The van der Waals surface area contributed by atoms with Crippen LogP contribution in [0.4, 0.5) is 11.4 Å². The molecule has 3 aromatic rings. The number of benzene rings is 3. The van der Waals surface area contributed by atoms with Gasteiger partial charge in [-0.1, -0.05) is 54.6 Å². The molecule has 0 radical (unpaired) electrons. The molecular weight excluding hydrogens is 418 g/mol. The lowest BCUT2D eigenvalue weighted by Gasteiger charge is -2.22. The van der Waals surface area contributed by atoms with E-state index in [0.29, 0.717) is 28.6 Å². The van der Waals surface area contributed by atoms with Crippen molar-refractivity contribution in [2.75, 3.05) is 25.7 Å². The van der Waals surface area contributed by atoms with Crippen molar-refractivity contribution in [2.24, 2.45) is 4.99 Å². The van der Waals surface area contributed by atoms with Gasteiger partial charge in [0.25, 0.3) is 0 Å². The van der Waals surface area contributed by atoms with Crippen molar-refractivity contribution in [1.29, 1.82) is 0 Å². The first-order valence-electron chi connectivity index (χ1n) is 10.6. The molecule has 1 aliphatic rings. The van der Waals surface area contributed by atoms with Gasteiger partial charge in [0.05, 0.1) is 37.7 Å². The SMILES string of the molecule is COc1cccc(CNC(=O)CN2C(=O)CC(c3ccccc3)=Nc3ccccc32)c1OC. The summed E-state index contributed by atoms with van der Waals surface area (Å²) in [6.45, 7) is 0.133. The van der Waals surface area contributed by atoms with Crippen LogP contribution in [0, 0.1) is 0 Å². The fourth-order valence-electron chi connectivity index (χ4n) is 3.80. The molecule has 0 aromatic heterocycles. The number of fused-ring (bicyclic) bond motifs is 1. The van der Waals surface area contributed by atoms with E-state index < -0.39 is 0 Å². The van der Waals surface area contributed by atoms with Crippen molar-refractivity contribution in [3.05, 3.63) is 83.9 Å². The van der Waals surface area contributed by atoms with Gasteiger partial charge < -0.3 is 19.7 Å². The molecule has 0 unspecified atom stereocenters. The summed E-state index contributed by atoms with van der Waals surface area (Å²) < 4.78 is 10.7. The van der Waals surface area contributed by atoms with Crippen LogP contribution in [0.1, 0.15) is 17.5 Å². The minimum absolute atomic E-state index is 0.107. The molecule has 168 valence electrons. The number of carbonyl (C=O) groups is 2. The Morgan fingerprint density at radius 2 is 1.73 bits per heavy atom. The normalized spacial score (nSPS) is 13.0. The van der Waals surface area contributed by atoms with Gasteiger partial charge in [-0.3, -0.25) is 14.6 Å². The second-order valence-electron chi connectivity index (χ2n) is 7.50. The number of hydrogen-bond donors (Lipinski definition) is 1. The molecule has 0 spiro atoms. The van der Waals surface area contributed by atoms with Crippen LogP contribution in [0.2, 0.25) is 0 Å². The Bertz CT molecular complexity index is 1190. The van der Waals surface area contributed by atoms with Gasteiger partial charge in [0.15, 0.2) is 11.5 Å². The number of anilines is 1. The molecule has 1 N–H and O–H groups in total. The predicted octanol–water partition coefficient (Wildman–Crippen LogP) is 3.88. The third-order valence-corrected chi connectivity index (χ3v) is 5.42. The van der Waals surface area contributed by atoms with Gasteiger partial charge in [-0.05, 0) is 23.8 Å². The topological polar surface area (TPSA) is 80.2 Å². The molecule has 2 amide bonds. The summed E-state index contributed by atoms with van der Waals surface area (Å²) in [5.74, 6) is 0.687. The number of nitrogens with zero attached hydrogens (tertiary/aromatic N) is 2. The summed E-state index contributed by atoms with van der Waals surface area (Å²) in [5.41, 5.74) is 3.61. The number of nitrogens with one attached hydrogen (secondary N) is 1. The molecule has 0 saturated carbocycles. The highest BCUT2D eigenvalue weighted by atomic mass is 16.5. The van der Waals surface area contributed by atoms with Crippen LogP contribution < -0.4 is 19.7 Å². The van der Waals surface area contributed by atoms with Gasteiger partial charge in [0, 0.05) is 12.1 Å². The zero-order valence-electron chi connectivity index (χ0n) is 18.6. The molecule has 1 aliphatic heterocycles. The second kappa shape index (κ2) is 9.99. The van der Waals surface area contributed by atoms with E-state index in [9.17, 15) is 9.59 Å². The molecule has 7 nitrogen and oxygen atoms in total. The zero-order chi connectivity index (χ0) is 23.2. The molecule has 0 aliphatic carbocycles. The number of aliphatic imine (C=N–C) groups is 1. The van der Waals surface area contributed by atoms with Crippen molar-refractivity contribution >= 4 is 28.9 Å². The van der Waals surface area contributed by atoms with Crippen molar-refractivity contribution in [2.45, 2.75) is 13.0 Å². The van der Waals surface area contributed by atoms with E-state index in [0.717, 1.165) is 11.1 Å². The smallest absolute Gasteiger partial charge is 0.240 e. The first-order valence-corrected chi connectivity index (χ1v) is 10.6. The summed E-state index contributed by atoms with van der Waals surface area (Å²) in [7, 11) is 3.12. The molecule has 33 heavy (non-hydrogen) atoms. The Balaban J connectivity index is 1.52. The Kier molecular flexibility index (Phi) is 6.69. The van der Waals surface area contributed by atoms with Crippen LogP contribution in [-0.4, -0.2) is 38.3 Å². The van der Waals surface area contributed by atoms with Crippen LogP contribution in [0.25, 0.3) is 0 Å². The summed E-state index contributed by atoms with van der Waals surface area (Å²) in [4.78, 5) is 32.3. The van der Waals surface area contributed by atoms with Gasteiger partial charge >= 0.3 is 0 Å². The van der Waals surface area contributed by atoms with Crippen LogP contribution in [0.5, 0.6) is 11.5 Å². The number of hydrogen-bond acceptors (Lipinski definition) is 5. The van der Waals surface area contributed by atoms with E-state index >= 15 is 0 Å². The number of ether oxygens (including phenoxy) is 2. The lowest BCUT2D eigenvalue weighted by atomic mass is 10.1. The van der Waals surface area contributed by atoms with E-state index in [4.69, 9.17) is 14.5 Å². The van der Waals surface area contributed by atoms with Gasteiger partial charge in [0.2, 0.25) is 11.8 Å². The maximum atomic E-state index is 13.2. The Morgan fingerprint density at radius 3 is 2.48 bits per heavy atom. The lowest BCUT2D eigenvalue weighted by Crippen LogP contribution is -2.41. The third-order valence-electron chi connectivity index (χ3n) is 5.42. The second-order valence-corrected chi connectivity index (χ2v) is 7.50. The molecule has 7 heteroatoms. The third kappa shape index (κ3) is 4.87. The monoisotopic (exact) mass is 443 g/mol. The summed E-state index contributed by atoms with van der Waals surface area (Å²) in [5, 5.41) is 2.88. The van der Waals surface area contributed by atoms with E-state index in [2.05, 4.69) is 5.32 Å². The first-order chi connectivity index (χ1) is 16.1. The largest absolute Gasteiger partial charge is 0.493 e. The van der Waals surface area contributed by atoms with Crippen molar-refractivity contribution in [1.82, 2.24) is 5.32 Å². The first kappa shape index (κ1) is 22.1. The van der Waals surface area contributed by atoms with E-state index in [-0.39, 0.29) is 31.3 Å². The molecular formula is C26H25N3O4. The average Bonchev–Trinajstić information content (AvgIpc) is 2.99. The Labute approximate surface area is 192 Å². The maximum Gasteiger partial charge on any atom is 0.240 e. The minimum Gasteiger partial charge on any atom is -0.493 e. The average molecular weight is 444 g/mol. The van der Waals surface area contributed by atoms with E-state index in [1.807, 2.05) is 66.7 Å². The van der Waals surface area contributed by atoms with Crippen molar-refractivity contribution in [3.8, 4) is 11.5 Å². The van der Waals surface area contributed by atoms with E-state index in [1.165, 1.54) is 4.90 Å². The highest BCUT2D eigenvalue weighted by Crippen LogP contribution is 2.33. The van der Waals surface area contributed by atoms with Crippen molar-refractivity contribution < 1.29 is 19.1 Å². The molecule has 0 fully saturated rings. The molecule has 3 aromatic carbocycles. The zero-order valence-corrected chi connectivity index (χ0v) is 18.6. The van der Waals surface area contributed by atoms with Crippen LogP contribution in [0.15, 0.2) is 77.8 Å². The van der Waals surface area contributed by atoms with Gasteiger partial charge in [-0.25, -0.2) is 0 Å². The number of carbonyl (C=O) groups excluding carboxylic acids is 2. The van der Waals surface area contributed by atoms with Gasteiger partial charge in [0.1, 0.15) is 6.54 Å². The fourth-order valence-corrected chi connectivity index (χ4v) is 3.80. The molecule has 0 bridgehead atoms. The lowest BCUT2D eigenvalue weighted by molar-refractivity contribution is -0.123. The quantitative estimate of drug-likeness (QED) is 0.601. The van der Waals surface area contributed by atoms with Crippen LogP contribution in [-0.2, 0) is 16.1 Å². The fraction of sp³-hybridized carbons (Fsp3) is 0.192. The summed E-state index contributed by atoms with van der Waals surface area (Å²) in [6.07, 6.45) is 0.107. The molecule has 0 saturated heterocycles. The van der Waals surface area contributed by atoms with Crippen LogP contribution in [0.3, 0.4) is 0 Å². The highest BCUT2D eigenvalue weighted by Gasteiger charge is 2.26. The Morgan fingerprint density at radius 1 is 0.970 bits per heavy atom. The standard InChI is InChI=1S/C26H25N3O4/c1-32-23-14-8-11-19(26(23)33-2)16-27-24(30)17-29-22-13-7-6-12-20(22)28-21(15-25(29)31)18-9-4-3-5-10-18/h3-14H,15-17H2,1-2H3,(H,27,30).